The fourth-order valence-electron chi connectivity index (χ4n) is 4.47. The molecule has 4 aromatic heterocycles. The van der Waals surface area contributed by atoms with E-state index in [9.17, 15) is 14.3 Å². The number of alkyl halides is 1. The van der Waals surface area contributed by atoms with Crippen molar-refractivity contribution in [3.63, 3.8) is 0 Å². The number of nitrogens with one attached hydrogen (secondary N) is 1. The normalized spacial score (nSPS) is 31.6. The van der Waals surface area contributed by atoms with Gasteiger partial charge in [-0.15, -0.1) is 0 Å². The number of thiol groups is 1. The van der Waals surface area contributed by atoms with Gasteiger partial charge in [0.05, 0.1) is 25.7 Å². The molecule has 22 heteroatoms. The molecule has 2 aliphatic heterocycles. The van der Waals surface area contributed by atoms with Gasteiger partial charge in [0.25, 0.3) is 5.56 Å². The first-order chi connectivity index (χ1) is 19.4. The fourth-order valence-corrected chi connectivity index (χ4v) is 6.96. The molecule has 0 aliphatic carbocycles. The van der Waals surface area contributed by atoms with Gasteiger partial charge in [0.15, 0.2) is 29.2 Å². The first-order valence-corrected chi connectivity index (χ1v) is 17.2. The van der Waals surface area contributed by atoms with Crippen molar-refractivity contribution in [3.05, 3.63) is 34.5 Å². The average Bonchev–Trinajstić information content (AvgIpc) is 3.55. The van der Waals surface area contributed by atoms with Crippen molar-refractivity contribution in [3.8, 4) is 0 Å². The zero-order valence-corrected chi connectivity index (χ0v) is 24.4. The van der Waals surface area contributed by atoms with Gasteiger partial charge in [-0.2, -0.15) is 4.98 Å². The monoisotopic (exact) mass is 649 g/mol. The van der Waals surface area contributed by atoms with E-state index in [2.05, 4.69) is 42.2 Å². The minimum atomic E-state index is -4.17. The van der Waals surface area contributed by atoms with Crippen molar-refractivity contribution in [1.29, 1.82) is 0 Å². The quantitative estimate of drug-likeness (QED) is 0.169. The third kappa shape index (κ3) is 5.69. The van der Waals surface area contributed by atoms with Crippen LogP contribution in [0.1, 0.15) is 17.9 Å². The summed E-state index contributed by atoms with van der Waals surface area (Å²) in [5.74, 6) is 0.504. The van der Waals surface area contributed by atoms with Crippen molar-refractivity contribution in [2.75, 3.05) is 18.9 Å². The third-order valence-electron chi connectivity index (χ3n) is 6.26. The van der Waals surface area contributed by atoms with Gasteiger partial charge < -0.3 is 24.5 Å². The number of halogens is 1. The molecule has 0 aromatic carbocycles. The summed E-state index contributed by atoms with van der Waals surface area (Å²) in [5.41, 5.74) is 5.73. The molecular formula is C19H22FN9O8P2S2. The second kappa shape index (κ2) is 10.7. The van der Waals surface area contributed by atoms with Crippen molar-refractivity contribution in [1.82, 2.24) is 39.0 Å². The summed E-state index contributed by atoms with van der Waals surface area (Å²) in [6, 6.07) is 0. The van der Waals surface area contributed by atoms with Gasteiger partial charge in [-0.25, -0.2) is 28.9 Å². The molecule has 0 amide bonds. The highest BCUT2D eigenvalue weighted by Gasteiger charge is 2.50. The molecule has 220 valence electrons. The van der Waals surface area contributed by atoms with Crippen LogP contribution in [0.5, 0.6) is 0 Å². The van der Waals surface area contributed by atoms with E-state index in [1.807, 2.05) is 0 Å². The highest BCUT2D eigenvalue weighted by atomic mass is 32.7. The topological polar surface area (TPSA) is 217 Å². The Hall–Kier alpha value is -2.38. The van der Waals surface area contributed by atoms with Crippen LogP contribution in [0.4, 0.5) is 10.3 Å². The van der Waals surface area contributed by atoms with E-state index < -0.39 is 50.3 Å². The molecule has 2 unspecified atom stereocenters. The Morgan fingerprint density at radius 3 is 2.85 bits per heavy atom. The Bertz CT molecular complexity index is 1800. The lowest BCUT2D eigenvalue weighted by Gasteiger charge is -2.25. The van der Waals surface area contributed by atoms with Gasteiger partial charge in [-0.1, -0.05) is 12.2 Å². The molecule has 41 heavy (non-hydrogen) atoms. The second-order valence-corrected chi connectivity index (χ2v) is 14.7. The van der Waals surface area contributed by atoms with E-state index in [1.165, 1.54) is 17.1 Å². The minimum absolute atomic E-state index is 0.0477. The molecule has 4 aromatic rings. The summed E-state index contributed by atoms with van der Waals surface area (Å²) in [7, 11) is 0. The number of aromatic amines is 1. The van der Waals surface area contributed by atoms with Crippen LogP contribution in [0.2, 0.25) is 0 Å². The maximum Gasteiger partial charge on any atom is 0.386 e. The van der Waals surface area contributed by atoms with Crippen LogP contribution in [0.15, 0.2) is 17.3 Å². The fraction of sp³-hybridized carbons (Fsp3) is 0.474. The highest BCUT2D eigenvalue weighted by Crippen LogP contribution is 2.55. The summed E-state index contributed by atoms with van der Waals surface area (Å²) in [4.78, 5) is 46.6. The molecule has 6 rings (SSSR count). The van der Waals surface area contributed by atoms with E-state index in [-0.39, 0.29) is 42.7 Å². The van der Waals surface area contributed by atoms with Crippen LogP contribution >= 0.6 is 25.8 Å². The molecule has 2 aliphatic rings. The molecule has 1 fully saturated rings. The Morgan fingerprint density at radius 1 is 1.24 bits per heavy atom. The molecule has 4 N–H and O–H groups in total. The number of aromatic nitrogens is 8. The second-order valence-electron chi connectivity index (χ2n) is 9.00. The summed E-state index contributed by atoms with van der Waals surface area (Å²) >= 11 is 9.22. The van der Waals surface area contributed by atoms with Crippen LogP contribution in [-0.2, 0) is 52.4 Å². The maximum atomic E-state index is 15.8. The van der Waals surface area contributed by atoms with E-state index in [1.54, 1.807) is 11.5 Å². The first-order valence-electron chi connectivity index (χ1n) is 11.9. The molecule has 2 bridgehead atoms. The number of fused-ring (bicyclic) bond motifs is 6. The number of rotatable bonds is 1. The number of ether oxygens (including phenoxy) is 1. The van der Waals surface area contributed by atoms with Gasteiger partial charge in [0.2, 0.25) is 5.95 Å². The highest BCUT2D eigenvalue weighted by molar-refractivity contribution is 8.44. The number of nitrogens with zero attached hydrogens (tertiary/aromatic N) is 7. The molecule has 17 nitrogen and oxygen atoms in total. The zero-order valence-electron chi connectivity index (χ0n) is 20.9. The van der Waals surface area contributed by atoms with E-state index in [0.717, 1.165) is 0 Å². The van der Waals surface area contributed by atoms with Crippen molar-refractivity contribution >= 4 is 65.8 Å². The van der Waals surface area contributed by atoms with Crippen molar-refractivity contribution < 1.29 is 36.7 Å². The molecule has 1 saturated heterocycles. The van der Waals surface area contributed by atoms with Crippen LogP contribution in [0.3, 0.4) is 0 Å². The predicted molar refractivity (Wildman–Crippen MR) is 146 cm³/mol. The first kappa shape index (κ1) is 28.7. The molecule has 6 atom stereocenters. The zero-order chi connectivity index (χ0) is 29.1. The number of nitrogens with two attached hydrogens (primary N) is 1. The molecule has 0 spiro atoms. The molecule has 0 radical (unpaired) electrons. The number of hydrogen-bond donors (Lipinski definition) is 4. The van der Waals surface area contributed by atoms with Gasteiger partial charge in [0.1, 0.15) is 36.0 Å². The Morgan fingerprint density at radius 2 is 2.05 bits per heavy atom. The Balaban J connectivity index is 1.38. The summed E-state index contributed by atoms with van der Waals surface area (Å²) in [6.07, 6.45) is -3.73. The smallest absolute Gasteiger partial charge is 0.369 e. The third-order valence-corrected chi connectivity index (χ3v) is 9.48. The predicted octanol–water partition coefficient (Wildman–Crippen LogP) is 1.29. The Kier molecular flexibility index (Phi) is 7.51. The SMILES string of the molecule is Cc1ncc2nc3n(c2n1)CCOP(=O)(S)OC[C@H]1O[C@@H](n2cnc4c(=O)[nH]c(N)nc42)[C@H](OP(O)(=S)OC3)[C@H]1F. The minimum Gasteiger partial charge on any atom is -0.369 e. The number of hydrogen-bond acceptors (Lipinski definition) is 14. The lowest BCUT2D eigenvalue weighted by Crippen LogP contribution is -2.32. The lowest BCUT2D eigenvalue weighted by molar-refractivity contribution is -0.0455. The largest absolute Gasteiger partial charge is 0.386 e. The maximum absolute atomic E-state index is 15.8. The number of aryl methyl sites for hydroxylation is 1. The number of imidazole rings is 2. The van der Waals surface area contributed by atoms with Crippen molar-refractivity contribution in [2.24, 2.45) is 0 Å². The molecule has 6 heterocycles. The summed E-state index contributed by atoms with van der Waals surface area (Å²) in [6.45, 7) is -7.50. The van der Waals surface area contributed by atoms with Crippen LogP contribution in [0, 0.1) is 6.92 Å². The van der Waals surface area contributed by atoms with Crippen LogP contribution < -0.4 is 11.3 Å². The average molecular weight is 650 g/mol. The van der Waals surface area contributed by atoms with Crippen LogP contribution in [0.25, 0.3) is 22.3 Å². The van der Waals surface area contributed by atoms with Crippen LogP contribution in [-0.4, -0.2) is 75.5 Å². The Labute approximate surface area is 239 Å². The van der Waals surface area contributed by atoms with Gasteiger partial charge in [0, 0.05) is 6.54 Å². The molecular weight excluding hydrogens is 627 g/mol. The summed E-state index contributed by atoms with van der Waals surface area (Å²) in [5, 5.41) is 0. The number of anilines is 1. The number of nitrogen functional groups attached to an aromatic ring is 1. The van der Waals surface area contributed by atoms with Gasteiger partial charge >= 0.3 is 13.5 Å². The summed E-state index contributed by atoms with van der Waals surface area (Å²) < 4.78 is 59.3. The molecule has 0 saturated carbocycles. The van der Waals surface area contributed by atoms with Crippen molar-refractivity contribution in [2.45, 2.75) is 44.7 Å². The van der Waals surface area contributed by atoms with Gasteiger partial charge in [-0.3, -0.25) is 27.9 Å². The van der Waals surface area contributed by atoms with E-state index >= 15 is 4.39 Å². The van der Waals surface area contributed by atoms with E-state index in [4.69, 9.17) is 40.4 Å². The van der Waals surface area contributed by atoms with Gasteiger partial charge in [-0.05, 0) is 18.7 Å². The van der Waals surface area contributed by atoms with E-state index in [0.29, 0.717) is 17.0 Å². The standard InChI is InChI=1S/C19H22FN9O8P2S2/c1-8-22-4-9-15(24-8)28-2-3-33-38(31,40)34-5-10-12(20)14(37-39(32,41)35-6-11(28)25-9)18(36-10)29-7-23-13-16(29)26-19(21)27-17(13)30/h4,7,10,12,14,18H,2-3,5-6H2,1H3,(H,31,40)(H,32,41)(H3,21,26,27,30)/t10-,12+,14-,18-,38?,39?/m1/s1. The lowest BCUT2D eigenvalue weighted by atomic mass is 10.1. The number of H-pyrrole nitrogens is 1.